The summed E-state index contributed by atoms with van der Waals surface area (Å²) in [7, 11) is 0. The van der Waals surface area contributed by atoms with E-state index in [2.05, 4.69) is 31.6 Å². The van der Waals surface area contributed by atoms with Crippen molar-refractivity contribution in [3.8, 4) is 0 Å². The second-order valence-corrected chi connectivity index (χ2v) is 6.35. The van der Waals surface area contributed by atoms with Gasteiger partial charge in [0, 0.05) is 25.2 Å². The van der Waals surface area contributed by atoms with Crippen LogP contribution in [-0.4, -0.2) is 50.0 Å². The highest BCUT2D eigenvalue weighted by molar-refractivity contribution is 5.76. The van der Waals surface area contributed by atoms with Crippen LogP contribution in [0.15, 0.2) is 24.7 Å². The minimum absolute atomic E-state index is 0.108. The van der Waals surface area contributed by atoms with Gasteiger partial charge in [0.15, 0.2) is 5.65 Å². The number of carbonyl (C=O) groups excluding carboxylic acids is 1. The average Bonchev–Trinajstić information content (AvgIpc) is 3.21. The molecule has 4 N–H and O–H groups in total. The first-order valence-electron chi connectivity index (χ1n) is 8.21. The zero-order chi connectivity index (χ0) is 16.7. The van der Waals surface area contributed by atoms with E-state index in [1.165, 1.54) is 0 Å². The van der Waals surface area contributed by atoms with Crippen molar-refractivity contribution in [3.05, 3.63) is 30.5 Å². The molecule has 2 atom stereocenters. The molecule has 24 heavy (non-hydrogen) atoms. The fourth-order valence-corrected chi connectivity index (χ4v) is 3.55. The van der Waals surface area contributed by atoms with Gasteiger partial charge in [0.05, 0.1) is 30.1 Å². The fourth-order valence-electron chi connectivity index (χ4n) is 3.55. The number of hydrogen-bond donors (Lipinski definition) is 3. The Morgan fingerprint density at radius 1 is 1.46 bits per heavy atom. The molecule has 1 fully saturated rings. The number of likely N-dealkylation sites (tertiary alicyclic amines) is 1. The van der Waals surface area contributed by atoms with Crippen LogP contribution in [0.3, 0.4) is 0 Å². The number of aromatic nitrogens is 4. The number of imidazole rings is 1. The Morgan fingerprint density at radius 3 is 3.12 bits per heavy atom. The van der Waals surface area contributed by atoms with E-state index in [1.807, 2.05) is 29.6 Å². The standard InChI is InChI=1S/C16H21N7O/c1-10-3-5-22(16(24)21-9-17)8-12(10)15-20-7-11-6-19-14-13(23(11)15)2-4-18-14/h2,4,6-7,10,12,18H,3,5,8-9,17H2,1H3,(H,21,24)/t10-,12+/m1/s1. The Labute approximate surface area is 139 Å². The van der Waals surface area contributed by atoms with E-state index in [0.29, 0.717) is 12.5 Å². The van der Waals surface area contributed by atoms with Gasteiger partial charge in [-0.2, -0.15) is 0 Å². The molecule has 8 nitrogen and oxygen atoms in total. The Kier molecular flexibility index (Phi) is 3.61. The summed E-state index contributed by atoms with van der Waals surface area (Å²) in [4.78, 5) is 26.2. The number of nitrogens with zero attached hydrogens (tertiary/aromatic N) is 4. The van der Waals surface area contributed by atoms with E-state index >= 15 is 0 Å². The maximum absolute atomic E-state index is 12.1. The summed E-state index contributed by atoms with van der Waals surface area (Å²) in [6.07, 6.45) is 6.49. The lowest BCUT2D eigenvalue weighted by Gasteiger charge is -2.36. The fraction of sp³-hybridized carbons (Fsp3) is 0.438. The minimum Gasteiger partial charge on any atom is -0.345 e. The van der Waals surface area contributed by atoms with Gasteiger partial charge in [-0.25, -0.2) is 14.8 Å². The van der Waals surface area contributed by atoms with Crippen LogP contribution in [0.1, 0.15) is 25.1 Å². The molecule has 0 unspecified atom stereocenters. The lowest BCUT2D eigenvalue weighted by molar-refractivity contribution is 0.160. The van der Waals surface area contributed by atoms with Crippen molar-refractivity contribution in [2.24, 2.45) is 11.7 Å². The Morgan fingerprint density at radius 2 is 2.29 bits per heavy atom. The normalized spacial score (nSPS) is 21.5. The lowest BCUT2D eigenvalue weighted by atomic mass is 9.86. The SMILES string of the molecule is C[C@@H]1CCN(C(=O)NCN)C[C@@H]1c1ncc2cnc3[nH]ccc3n12. The van der Waals surface area contributed by atoms with Gasteiger partial charge >= 0.3 is 6.03 Å². The summed E-state index contributed by atoms with van der Waals surface area (Å²) < 4.78 is 2.14. The van der Waals surface area contributed by atoms with Gasteiger partial charge in [0.1, 0.15) is 5.82 Å². The summed E-state index contributed by atoms with van der Waals surface area (Å²) in [5, 5.41) is 2.68. The van der Waals surface area contributed by atoms with Gasteiger partial charge in [-0.1, -0.05) is 6.92 Å². The molecule has 1 saturated heterocycles. The van der Waals surface area contributed by atoms with Crippen LogP contribution in [-0.2, 0) is 0 Å². The molecule has 3 aromatic heterocycles. The molecule has 3 aromatic rings. The van der Waals surface area contributed by atoms with E-state index < -0.39 is 0 Å². The number of amides is 2. The molecular formula is C16H21N7O. The lowest BCUT2D eigenvalue weighted by Crippen LogP contribution is -2.48. The van der Waals surface area contributed by atoms with Crippen molar-refractivity contribution in [2.45, 2.75) is 19.3 Å². The molecule has 0 spiro atoms. The zero-order valence-corrected chi connectivity index (χ0v) is 13.6. The van der Waals surface area contributed by atoms with Crippen molar-refractivity contribution in [1.82, 2.24) is 29.6 Å². The third-order valence-corrected chi connectivity index (χ3v) is 4.92. The van der Waals surface area contributed by atoms with Crippen LogP contribution in [0.4, 0.5) is 4.79 Å². The number of piperidine rings is 1. The maximum Gasteiger partial charge on any atom is 0.318 e. The predicted octanol–water partition coefficient (Wildman–Crippen LogP) is 1.26. The number of nitrogens with two attached hydrogens (primary N) is 1. The van der Waals surface area contributed by atoms with E-state index in [4.69, 9.17) is 5.73 Å². The Balaban J connectivity index is 1.75. The third-order valence-electron chi connectivity index (χ3n) is 4.92. The highest BCUT2D eigenvalue weighted by atomic mass is 16.2. The number of urea groups is 1. The molecule has 126 valence electrons. The number of nitrogens with one attached hydrogen (secondary N) is 2. The van der Waals surface area contributed by atoms with E-state index in [1.54, 1.807) is 0 Å². The molecule has 8 heteroatoms. The second-order valence-electron chi connectivity index (χ2n) is 6.35. The summed E-state index contributed by atoms with van der Waals surface area (Å²) in [6.45, 7) is 3.76. The van der Waals surface area contributed by atoms with Gasteiger partial charge in [0.25, 0.3) is 0 Å². The van der Waals surface area contributed by atoms with Crippen molar-refractivity contribution >= 4 is 22.7 Å². The van der Waals surface area contributed by atoms with Crippen molar-refractivity contribution in [3.63, 3.8) is 0 Å². The molecule has 0 aliphatic carbocycles. The smallest absolute Gasteiger partial charge is 0.318 e. The molecule has 1 aliphatic rings. The van der Waals surface area contributed by atoms with Gasteiger partial charge in [-0.05, 0) is 18.4 Å². The topological polar surface area (TPSA) is 104 Å². The molecule has 0 bridgehead atoms. The van der Waals surface area contributed by atoms with Crippen LogP contribution in [0.5, 0.6) is 0 Å². The number of carbonyl (C=O) groups is 1. The molecule has 1 aliphatic heterocycles. The first-order valence-corrected chi connectivity index (χ1v) is 8.21. The second kappa shape index (κ2) is 5.79. The van der Waals surface area contributed by atoms with Gasteiger partial charge in [0.2, 0.25) is 0 Å². The van der Waals surface area contributed by atoms with Crippen LogP contribution >= 0.6 is 0 Å². The molecule has 0 saturated carbocycles. The van der Waals surface area contributed by atoms with E-state index in [0.717, 1.165) is 35.5 Å². The van der Waals surface area contributed by atoms with E-state index in [-0.39, 0.29) is 18.6 Å². The summed E-state index contributed by atoms with van der Waals surface area (Å²) in [5.41, 5.74) is 8.24. The van der Waals surface area contributed by atoms with Gasteiger partial charge in [-0.3, -0.25) is 4.40 Å². The number of aromatic amines is 1. The maximum atomic E-state index is 12.1. The van der Waals surface area contributed by atoms with Crippen LogP contribution < -0.4 is 11.1 Å². The summed E-state index contributed by atoms with van der Waals surface area (Å²) in [5.74, 6) is 1.60. The summed E-state index contributed by atoms with van der Waals surface area (Å²) >= 11 is 0. The van der Waals surface area contributed by atoms with Crippen molar-refractivity contribution < 1.29 is 4.79 Å². The third kappa shape index (κ3) is 2.30. The highest BCUT2D eigenvalue weighted by Crippen LogP contribution is 2.32. The molecule has 4 rings (SSSR count). The van der Waals surface area contributed by atoms with Crippen molar-refractivity contribution in [2.75, 3.05) is 19.8 Å². The van der Waals surface area contributed by atoms with E-state index in [9.17, 15) is 4.79 Å². The van der Waals surface area contributed by atoms with Gasteiger partial charge < -0.3 is 20.9 Å². The zero-order valence-electron chi connectivity index (χ0n) is 13.6. The average molecular weight is 327 g/mol. The van der Waals surface area contributed by atoms with Crippen molar-refractivity contribution in [1.29, 1.82) is 0 Å². The molecule has 4 heterocycles. The minimum atomic E-state index is -0.108. The monoisotopic (exact) mass is 327 g/mol. The van der Waals surface area contributed by atoms with Crippen LogP contribution in [0.2, 0.25) is 0 Å². The number of H-pyrrole nitrogens is 1. The highest BCUT2D eigenvalue weighted by Gasteiger charge is 2.32. The summed E-state index contributed by atoms with van der Waals surface area (Å²) in [6, 6.07) is 1.90. The molecular weight excluding hydrogens is 306 g/mol. The number of fused-ring (bicyclic) bond motifs is 3. The largest absolute Gasteiger partial charge is 0.345 e. The van der Waals surface area contributed by atoms with Crippen LogP contribution in [0, 0.1) is 5.92 Å². The first kappa shape index (κ1) is 14.9. The van der Waals surface area contributed by atoms with Crippen LogP contribution in [0.25, 0.3) is 16.7 Å². The Bertz CT molecular complexity index is 883. The number of rotatable bonds is 2. The quantitative estimate of drug-likeness (QED) is 0.616. The molecule has 0 aromatic carbocycles. The van der Waals surface area contributed by atoms with Gasteiger partial charge in [-0.15, -0.1) is 0 Å². The number of hydrogen-bond acceptors (Lipinski definition) is 4. The predicted molar refractivity (Wildman–Crippen MR) is 90.5 cm³/mol. The molecule has 0 radical (unpaired) electrons. The Hall–Kier alpha value is -2.61. The first-order chi connectivity index (χ1) is 11.7. The molecule has 2 amide bonds.